The highest BCUT2D eigenvalue weighted by molar-refractivity contribution is 5.96. The molecule has 0 saturated heterocycles. The Kier molecular flexibility index (Phi) is 3.41. The molecule has 1 aliphatic heterocycles. The van der Waals surface area contributed by atoms with Gasteiger partial charge in [-0.2, -0.15) is 5.10 Å². The minimum absolute atomic E-state index is 0.00191. The van der Waals surface area contributed by atoms with Gasteiger partial charge in [0, 0.05) is 11.9 Å². The van der Waals surface area contributed by atoms with Crippen LogP contribution in [0.15, 0.2) is 39.5 Å². The summed E-state index contributed by atoms with van der Waals surface area (Å²) in [5.41, 5.74) is -0.172. The average Bonchev–Trinajstić information content (AvgIpc) is 2.95. The molecule has 0 aliphatic carbocycles. The molecule has 122 valence electrons. The molecule has 24 heavy (non-hydrogen) atoms. The van der Waals surface area contributed by atoms with Gasteiger partial charge in [-0.15, -0.1) is 0 Å². The Hall–Kier alpha value is -2.96. The van der Waals surface area contributed by atoms with E-state index < -0.39 is 11.5 Å². The van der Waals surface area contributed by atoms with Crippen molar-refractivity contribution in [2.75, 3.05) is 0 Å². The van der Waals surface area contributed by atoms with Crippen molar-refractivity contribution in [2.45, 2.75) is 32.4 Å². The second kappa shape index (κ2) is 5.59. The summed E-state index contributed by atoms with van der Waals surface area (Å²) in [5, 5.41) is 7.91. The highest BCUT2D eigenvalue weighted by atomic mass is 16.4. The smallest absolute Gasteiger partial charge is 0.349 e. The number of nitrogens with one attached hydrogen (secondary N) is 1. The van der Waals surface area contributed by atoms with Crippen LogP contribution in [-0.2, 0) is 6.54 Å². The largest absolute Gasteiger partial charge is 0.422 e. The third-order valence-corrected chi connectivity index (χ3v) is 4.17. The number of carbonyl (C=O) groups excluding carboxylic acids is 1. The first-order valence-corrected chi connectivity index (χ1v) is 7.87. The molecular weight excluding hydrogens is 308 g/mol. The summed E-state index contributed by atoms with van der Waals surface area (Å²) < 4.78 is 7.04. The van der Waals surface area contributed by atoms with Gasteiger partial charge in [0.1, 0.15) is 22.8 Å². The predicted molar refractivity (Wildman–Crippen MR) is 86.7 cm³/mol. The van der Waals surface area contributed by atoms with Crippen LogP contribution in [0, 0.1) is 6.92 Å². The second-order valence-corrected chi connectivity index (χ2v) is 5.89. The molecule has 2 aromatic heterocycles. The number of para-hydroxylation sites is 1. The number of aryl methyl sites for hydroxylation is 2. The van der Waals surface area contributed by atoms with Crippen molar-refractivity contribution in [1.29, 1.82) is 0 Å². The Morgan fingerprint density at radius 2 is 2.21 bits per heavy atom. The second-order valence-electron chi connectivity index (χ2n) is 5.89. The van der Waals surface area contributed by atoms with Crippen molar-refractivity contribution in [1.82, 2.24) is 20.1 Å². The lowest BCUT2D eigenvalue weighted by molar-refractivity contribution is 0.0923. The zero-order valence-electron chi connectivity index (χ0n) is 13.2. The van der Waals surface area contributed by atoms with Crippen LogP contribution in [0.4, 0.5) is 0 Å². The molecule has 0 radical (unpaired) electrons. The van der Waals surface area contributed by atoms with E-state index in [-0.39, 0.29) is 11.6 Å². The van der Waals surface area contributed by atoms with Crippen LogP contribution in [-0.4, -0.2) is 20.7 Å². The van der Waals surface area contributed by atoms with Gasteiger partial charge in [0.05, 0.1) is 6.04 Å². The molecule has 4 rings (SSSR count). The van der Waals surface area contributed by atoms with Crippen molar-refractivity contribution < 1.29 is 9.21 Å². The number of aromatic nitrogens is 3. The Balaban J connectivity index is 1.66. The molecular formula is C17H16N4O3. The van der Waals surface area contributed by atoms with E-state index in [1.807, 2.05) is 17.7 Å². The molecule has 3 aromatic rings. The van der Waals surface area contributed by atoms with Gasteiger partial charge in [0.2, 0.25) is 0 Å². The van der Waals surface area contributed by atoms with Gasteiger partial charge in [-0.05, 0) is 31.9 Å². The number of amides is 1. The lowest BCUT2D eigenvalue weighted by Crippen LogP contribution is -2.35. The van der Waals surface area contributed by atoms with Crippen molar-refractivity contribution in [2.24, 2.45) is 0 Å². The Morgan fingerprint density at radius 3 is 3.08 bits per heavy atom. The normalized spacial score (nSPS) is 16.8. The maximum Gasteiger partial charge on any atom is 0.349 e. The quantitative estimate of drug-likeness (QED) is 0.728. The van der Waals surface area contributed by atoms with Gasteiger partial charge in [-0.1, -0.05) is 18.2 Å². The third kappa shape index (κ3) is 2.47. The molecule has 7 heteroatoms. The Labute approximate surface area is 137 Å². The van der Waals surface area contributed by atoms with Crippen LogP contribution in [0.1, 0.15) is 40.9 Å². The number of benzene rings is 1. The lowest BCUT2D eigenvalue weighted by Gasteiger charge is -2.22. The van der Waals surface area contributed by atoms with Crippen LogP contribution in [0.3, 0.4) is 0 Å². The third-order valence-electron chi connectivity index (χ3n) is 4.17. The molecule has 1 atom stereocenters. The molecule has 3 heterocycles. The van der Waals surface area contributed by atoms with Gasteiger partial charge in [-0.3, -0.25) is 4.79 Å². The molecule has 1 aromatic carbocycles. The monoisotopic (exact) mass is 324 g/mol. The topological polar surface area (TPSA) is 90.0 Å². The number of hydrogen-bond donors (Lipinski definition) is 1. The summed E-state index contributed by atoms with van der Waals surface area (Å²) in [6.45, 7) is 2.61. The molecule has 1 aliphatic rings. The summed E-state index contributed by atoms with van der Waals surface area (Å²) in [6, 6.07) is 8.42. The van der Waals surface area contributed by atoms with Gasteiger partial charge in [0.25, 0.3) is 5.91 Å². The molecule has 0 bridgehead atoms. The van der Waals surface area contributed by atoms with E-state index >= 15 is 0 Å². The van der Waals surface area contributed by atoms with E-state index in [0.717, 1.165) is 25.2 Å². The molecule has 0 spiro atoms. The van der Waals surface area contributed by atoms with Gasteiger partial charge < -0.3 is 9.73 Å². The average molecular weight is 324 g/mol. The standard InChI is InChI=1S/C17H16N4O3/c1-10-18-15-13(6-4-8-21(15)20-10)19-16(22)12-9-11-5-2-3-7-14(11)24-17(12)23/h2-3,5,7,9,13H,4,6,8H2,1H3,(H,19,22)/t13-/m0/s1. The summed E-state index contributed by atoms with van der Waals surface area (Å²) in [6.07, 6.45) is 1.66. The van der Waals surface area contributed by atoms with E-state index in [1.54, 1.807) is 24.3 Å². The minimum Gasteiger partial charge on any atom is -0.422 e. The summed E-state index contributed by atoms with van der Waals surface area (Å²) in [7, 11) is 0. The Morgan fingerprint density at radius 1 is 1.38 bits per heavy atom. The lowest BCUT2D eigenvalue weighted by atomic mass is 10.1. The zero-order chi connectivity index (χ0) is 16.7. The highest BCUT2D eigenvalue weighted by Crippen LogP contribution is 2.23. The SMILES string of the molecule is Cc1nc2n(n1)CCC[C@@H]2NC(=O)c1cc2ccccc2oc1=O. The Bertz CT molecular complexity index is 989. The fourth-order valence-electron chi connectivity index (χ4n) is 3.06. The molecule has 0 saturated carbocycles. The first kappa shape index (κ1) is 14.6. The first-order valence-electron chi connectivity index (χ1n) is 7.87. The van der Waals surface area contributed by atoms with Crippen molar-refractivity contribution in [3.05, 3.63) is 58.0 Å². The molecule has 0 unspecified atom stereocenters. The number of hydrogen-bond acceptors (Lipinski definition) is 5. The van der Waals surface area contributed by atoms with Gasteiger partial charge in [-0.25, -0.2) is 14.5 Å². The minimum atomic E-state index is -0.639. The van der Waals surface area contributed by atoms with E-state index in [4.69, 9.17) is 4.42 Å². The first-order chi connectivity index (χ1) is 11.6. The van der Waals surface area contributed by atoms with Crippen molar-refractivity contribution in [3.63, 3.8) is 0 Å². The predicted octanol–water partition coefficient (Wildman–Crippen LogP) is 1.96. The van der Waals surface area contributed by atoms with E-state index in [1.165, 1.54) is 0 Å². The number of rotatable bonds is 2. The summed E-state index contributed by atoms with van der Waals surface area (Å²) in [4.78, 5) is 29.1. The van der Waals surface area contributed by atoms with Gasteiger partial charge in [0.15, 0.2) is 0 Å². The maximum absolute atomic E-state index is 12.6. The molecule has 1 N–H and O–H groups in total. The molecule has 0 fully saturated rings. The fourth-order valence-corrected chi connectivity index (χ4v) is 3.06. The van der Waals surface area contributed by atoms with Crippen LogP contribution in [0.2, 0.25) is 0 Å². The van der Waals surface area contributed by atoms with Crippen LogP contribution in [0.25, 0.3) is 11.0 Å². The number of carbonyl (C=O) groups is 1. The van der Waals surface area contributed by atoms with Crippen molar-refractivity contribution in [3.8, 4) is 0 Å². The van der Waals surface area contributed by atoms with Crippen molar-refractivity contribution >= 4 is 16.9 Å². The number of nitrogens with zero attached hydrogens (tertiary/aromatic N) is 3. The maximum atomic E-state index is 12.6. The summed E-state index contributed by atoms with van der Waals surface area (Å²) in [5.74, 6) is 0.960. The van der Waals surface area contributed by atoms with E-state index in [2.05, 4.69) is 15.4 Å². The molecule has 1 amide bonds. The number of fused-ring (bicyclic) bond motifs is 2. The van der Waals surface area contributed by atoms with Crippen LogP contribution >= 0.6 is 0 Å². The summed E-state index contributed by atoms with van der Waals surface area (Å²) >= 11 is 0. The molecule has 7 nitrogen and oxygen atoms in total. The highest BCUT2D eigenvalue weighted by Gasteiger charge is 2.26. The van der Waals surface area contributed by atoms with E-state index in [9.17, 15) is 9.59 Å². The zero-order valence-corrected chi connectivity index (χ0v) is 13.2. The van der Waals surface area contributed by atoms with Gasteiger partial charge >= 0.3 is 5.63 Å². The van der Waals surface area contributed by atoms with E-state index in [0.29, 0.717) is 16.8 Å². The fraction of sp³-hybridized carbons (Fsp3) is 0.294. The van der Waals surface area contributed by atoms with Crippen LogP contribution < -0.4 is 10.9 Å². The van der Waals surface area contributed by atoms with Crippen LogP contribution in [0.5, 0.6) is 0 Å².